The molecule has 0 saturated carbocycles. The van der Waals surface area contributed by atoms with E-state index in [9.17, 15) is 9.59 Å². The fourth-order valence-corrected chi connectivity index (χ4v) is 3.23. The second-order valence-electron chi connectivity index (χ2n) is 6.49. The van der Waals surface area contributed by atoms with Crippen LogP contribution in [0.1, 0.15) is 20.8 Å². The summed E-state index contributed by atoms with van der Waals surface area (Å²) < 4.78 is 21.7. The van der Waals surface area contributed by atoms with Gasteiger partial charge in [-0.15, -0.1) is 0 Å². The zero-order chi connectivity index (χ0) is 24.5. The molecule has 11 heteroatoms. The number of hydrogen-bond acceptors (Lipinski definition) is 8. The van der Waals surface area contributed by atoms with Crippen LogP contribution in [0.25, 0.3) is 0 Å². The summed E-state index contributed by atoms with van der Waals surface area (Å²) in [6.45, 7) is 5.53. The second-order valence-corrected chi connectivity index (χ2v) is 7.34. The quantitative estimate of drug-likeness (QED) is 0.324. The molecule has 0 aliphatic carbocycles. The number of benzene rings is 2. The number of carbonyl (C=O) groups is 2. The van der Waals surface area contributed by atoms with E-state index in [1.54, 1.807) is 19.1 Å². The van der Waals surface area contributed by atoms with Crippen molar-refractivity contribution in [2.45, 2.75) is 26.8 Å². The van der Waals surface area contributed by atoms with E-state index in [-0.39, 0.29) is 22.1 Å². The number of methoxy groups -OCH3 is 2. The van der Waals surface area contributed by atoms with Gasteiger partial charge in [-0.25, -0.2) is 0 Å². The predicted octanol–water partition coefficient (Wildman–Crippen LogP) is 5.49. The Bertz CT molecular complexity index is 1050. The molecule has 2 aromatic rings. The summed E-state index contributed by atoms with van der Waals surface area (Å²) in [5, 5.41) is 11.1. The van der Waals surface area contributed by atoms with Gasteiger partial charge in [-0.3, -0.25) is 9.59 Å². The van der Waals surface area contributed by atoms with Crippen LogP contribution >= 0.6 is 23.2 Å². The number of carbonyl (C=O) groups excluding carboxylic acids is 2. The molecule has 0 radical (unpaired) electrons. The Morgan fingerprint density at radius 3 is 2.27 bits per heavy atom. The average Bonchev–Trinajstić information content (AvgIpc) is 2.77. The molecule has 0 spiro atoms. The molecule has 2 rings (SSSR count). The highest BCUT2D eigenvalue weighted by molar-refractivity contribution is 6.34. The van der Waals surface area contributed by atoms with Crippen molar-refractivity contribution in [1.29, 1.82) is 0 Å². The van der Waals surface area contributed by atoms with E-state index in [1.165, 1.54) is 33.3 Å². The van der Waals surface area contributed by atoms with Crippen LogP contribution in [0.15, 0.2) is 34.5 Å². The van der Waals surface area contributed by atoms with Crippen molar-refractivity contribution >= 4 is 46.3 Å². The first kappa shape index (κ1) is 26.2. The molecule has 0 aliphatic heterocycles. The van der Waals surface area contributed by atoms with Crippen molar-refractivity contribution in [3.63, 3.8) is 0 Å². The minimum Gasteiger partial charge on any atom is -0.493 e. The number of ketones is 1. The van der Waals surface area contributed by atoms with E-state index in [0.29, 0.717) is 35.5 Å². The van der Waals surface area contributed by atoms with Crippen molar-refractivity contribution in [1.82, 2.24) is 0 Å². The van der Waals surface area contributed by atoms with Gasteiger partial charge in [0.15, 0.2) is 28.8 Å². The molecule has 0 saturated heterocycles. The zero-order valence-electron chi connectivity index (χ0n) is 18.9. The topological polar surface area (TPSA) is 108 Å². The van der Waals surface area contributed by atoms with Crippen LogP contribution in [-0.4, -0.2) is 45.2 Å². The minimum atomic E-state index is -1.47. The molecule has 0 aromatic heterocycles. The predicted molar refractivity (Wildman–Crippen MR) is 126 cm³/mol. The zero-order valence-corrected chi connectivity index (χ0v) is 20.4. The van der Waals surface area contributed by atoms with Crippen LogP contribution in [0.2, 0.25) is 10.0 Å². The summed E-state index contributed by atoms with van der Waals surface area (Å²) >= 11 is 12.4. The highest BCUT2D eigenvalue weighted by Crippen LogP contribution is 2.42. The van der Waals surface area contributed by atoms with E-state index >= 15 is 0 Å². The second kappa shape index (κ2) is 12.3. The van der Waals surface area contributed by atoms with Crippen LogP contribution in [0.5, 0.6) is 23.0 Å². The van der Waals surface area contributed by atoms with Crippen LogP contribution in [0.3, 0.4) is 0 Å². The molecule has 0 bridgehead atoms. The van der Waals surface area contributed by atoms with E-state index in [0.717, 1.165) is 0 Å². The lowest BCUT2D eigenvalue weighted by Crippen LogP contribution is -2.32. The largest absolute Gasteiger partial charge is 0.493 e. The molecular weight excluding hydrogens is 473 g/mol. The van der Waals surface area contributed by atoms with Gasteiger partial charge in [-0.05, 0) is 39.0 Å². The Kier molecular flexibility index (Phi) is 9.74. The fourth-order valence-electron chi connectivity index (χ4n) is 2.83. The van der Waals surface area contributed by atoms with Crippen molar-refractivity contribution in [2.75, 3.05) is 32.8 Å². The minimum absolute atomic E-state index is 0.140. The molecule has 0 aliphatic rings. The lowest BCUT2D eigenvalue weighted by molar-refractivity contribution is -0.126. The van der Waals surface area contributed by atoms with Crippen LogP contribution in [0.4, 0.5) is 11.4 Å². The maximum atomic E-state index is 12.9. The Hall–Kier alpha value is -3.04. The monoisotopic (exact) mass is 497 g/mol. The van der Waals surface area contributed by atoms with E-state index in [4.69, 9.17) is 42.1 Å². The number of azo groups is 1. The van der Waals surface area contributed by atoms with Gasteiger partial charge in [0.1, 0.15) is 11.4 Å². The summed E-state index contributed by atoms with van der Waals surface area (Å²) in [6.07, 6.45) is 0. The number of halogens is 2. The molecule has 1 amide bonds. The number of anilines is 1. The molecule has 33 heavy (non-hydrogen) atoms. The number of Topliss-reactive ketones (excluding diaryl/α,β-unsaturated/α-hetero) is 1. The maximum Gasteiger partial charge on any atom is 0.258 e. The van der Waals surface area contributed by atoms with E-state index < -0.39 is 17.7 Å². The summed E-state index contributed by atoms with van der Waals surface area (Å²) in [4.78, 5) is 25.1. The highest BCUT2D eigenvalue weighted by atomic mass is 35.5. The Labute approximate surface area is 202 Å². The van der Waals surface area contributed by atoms with Gasteiger partial charge >= 0.3 is 0 Å². The van der Waals surface area contributed by atoms with Gasteiger partial charge in [-0.2, -0.15) is 10.2 Å². The Morgan fingerprint density at radius 1 is 1.00 bits per heavy atom. The van der Waals surface area contributed by atoms with Crippen molar-refractivity contribution in [2.24, 2.45) is 10.2 Å². The van der Waals surface area contributed by atoms with Crippen molar-refractivity contribution in [3.8, 4) is 23.0 Å². The van der Waals surface area contributed by atoms with Crippen molar-refractivity contribution in [3.05, 3.63) is 34.3 Å². The average molecular weight is 498 g/mol. The third-order valence-electron chi connectivity index (χ3n) is 4.25. The van der Waals surface area contributed by atoms with E-state index in [1.807, 2.05) is 6.92 Å². The number of amides is 1. The normalized spacial score (nSPS) is 11.7. The molecule has 9 nitrogen and oxygen atoms in total. The fraction of sp³-hybridized carbons (Fsp3) is 0.364. The number of ether oxygens (including phenoxy) is 4. The summed E-state index contributed by atoms with van der Waals surface area (Å²) in [5.74, 6) is -0.0800. The van der Waals surface area contributed by atoms with Gasteiger partial charge in [0.25, 0.3) is 5.91 Å². The molecule has 0 fully saturated rings. The standard InChI is InChI=1S/C22H25Cl2N3O6/c1-6-32-17-11-13(23)10-15(20(17)33-7-2)26-27-18(12(3)28)22(29)25-19-14(24)8-9-16(30-4)21(19)31-5/h8-11,18H,6-7H2,1-5H3,(H,25,29). The van der Waals surface area contributed by atoms with Gasteiger partial charge in [0.05, 0.1) is 32.5 Å². The van der Waals surface area contributed by atoms with Gasteiger partial charge in [0.2, 0.25) is 6.04 Å². The smallest absolute Gasteiger partial charge is 0.258 e. The van der Waals surface area contributed by atoms with Crippen LogP contribution in [0, 0.1) is 0 Å². The van der Waals surface area contributed by atoms with Crippen molar-refractivity contribution < 1.29 is 28.5 Å². The van der Waals surface area contributed by atoms with E-state index in [2.05, 4.69) is 15.5 Å². The molecule has 178 valence electrons. The first-order chi connectivity index (χ1) is 15.8. The number of hydrogen-bond donors (Lipinski definition) is 1. The summed E-state index contributed by atoms with van der Waals surface area (Å²) in [7, 11) is 2.85. The number of nitrogens with zero attached hydrogens (tertiary/aromatic N) is 2. The first-order valence-electron chi connectivity index (χ1n) is 9.99. The SMILES string of the molecule is CCOc1cc(Cl)cc(N=NC(C(C)=O)C(=O)Nc2c(Cl)ccc(OC)c2OC)c1OCC. The third-order valence-corrected chi connectivity index (χ3v) is 4.78. The molecule has 0 heterocycles. The Balaban J connectivity index is 2.42. The highest BCUT2D eigenvalue weighted by Gasteiger charge is 2.26. The molecule has 1 atom stereocenters. The van der Waals surface area contributed by atoms with Gasteiger partial charge in [0, 0.05) is 11.1 Å². The maximum absolute atomic E-state index is 12.9. The van der Waals surface area contributed by atoms with Crippen LogP contribution in [-0.2, 0) is 9.59 Å². The first-order valence-corrected chi connectivity index (χ1v) is 10.7. The lowest BCUT2D eigenvalue weighted by atomic mass is 10.2. The molecular formula is C22H25Cl2N3O6. The summed E-state index contributed by atoms with van der Waals surface area (Å²) in [6, 6.07) is 4.72. The lowest BCUT2D eigenvalue weighted by Gasteiger charge is -2.16. The molecule has 2 aromatic carbocycles. The van der Waals surface area contributed by atoms with Gasteiger partial charge in [-0.1, -0.05) is 23.2 Å². The molecule has 1 N–H and O–H groups in total. The number of nitrogens with one attached hydrogen (secondary N) is 1. The van der Waals surface area contributed by atoms with Crippen LogP contribution < -0.4 is 24.3 Å². The molecule has 1 unspecified atom stereocenters. The Morgan fingerprint density at radius 2 is 1.70 bits per heavy atom. The third kappa shape index (κ3) is 6.49. The summed E-state index contributed by atoms with van der Waals surface area (Å²) in [5.41, 5.74) is 0.352. The van der Waals surface area contributed by atoms with Gasteiger partial charge < -0.3 is 24.3 Å². The number of rotatable bonds is 11.